The molecule has 0 radical (unpaired) electrons. The summed E-state index contributed by atoms with van der Waals surface area (Å²) in [7, 11) is 0. The van der Waals surface area contributed by atoms with Crippen LogP contribution in [0, 0.1) is 5.92 Å². The zero-order valence-electron chi connectivity index (χ0n) is 21.7. The lowest BCUT2D eigenvalue weighted by Crippen LogP contribution is -2.47. The Labute approximate surface area is 197 Å². The summed E-state index contributed by atoms with van der Waals surface area (Å²) in [6.45, 7) is 13.9. The van der Waals surface area contributed by atoms with E-state index in [1.807, 2.05) is 27.7 Å². The monoisotopic (exact) mass is 463 g/mol. The predicted molar refractivity (Wildman–Crippen MR) is 129 cm³/mol. The first-order chi connectivity index (χ1) is 15.6. The quantitative estimate of drug-likeness (QED) is 0.0833. The first kappa shape index (κ1) is 31.7. The third-order valence-electron chi connectivity index (χ3n) is 5.36. The van der Waals surface area contributed by atoms with Gasteiger partial charge in [0, 0.05) is 32.3 Å². The predicted octanol–water partition coefficient (Wildman–Crippen LogP) is 5.21. The number of rotatable bonds is 25. The van der Waals surface area contributed by atoms with Crippen LogP contribution in [0.25, 0.3) is 0 Å². The van der Waals surface area contributed by atoms with Crippen molar-refractivity contribution in [1.29, 1.82) is 0 Å². The maximum Gasteiger partial charge on any atom is 0.285 e. The molecule has 0 heterocycles. The van der Waals surface area contributed by atoms with Gasteiger partial charge in [-0.1, -0.05) is 52.4 Å². The third-order valence-corrected chi connectivity index (χ3v) is 5.36. The minimum atomic E-state index is -0.967. The van der Waals surface area contributed by atoms with Gasteiger partial charge < -0.3 is 24.6 Å². The molecule has 0 bridgehead atoms. The molecule has 7 heteroatoms. The summed E-state index contributed by atoms with van der Waals surface area (Å²) in [6, 6.07) is 0. The molecule has 0 saturated heterocycles. The van der Waals surface area contributed by atoms with Gasteiger partial charge >= 0.3 is 0 Å². The van der Waals surface area contributed by atoms with Crippen LogP contribution < -0.4 is 5.32 Å². The fraction of sp³-hybridized carbons (Fsp3) is 1.00. The van der Waals surface area contributed by atoms with E-state index in [0.29, 0.717) is 33.0 Å². The van der Waals surface area contributed by atoms with Crippen LogP contribution in [0.5, 0.6) is 0 Å². The average molecular weight is 464 g/mol. The lowest BCUT2D eigenvalue weighted by Gasteiger charge is -2.39. The van der Waals surface area contributed by atoms with Gasteiger partial charge in [0.05, 0.1) is 12.7 Å². The van der Waals surface area contributed by atoms with Crippen molar-refractivity contribution in [1.82, 2.24) is 5.32 Å². The largest absolute Gasteiger partial charge is 0.389 e. The van der Waals surface area contributed by atoms with Gasteiger partial charge in [-0.25, -0.2) is 9.78 Å². The molecular formula is C25H53NO6. The molecule has 2 N–H and O–H groups in total. The van der Waals surface area contributed by atoms with Crippen molar-refractivity contribution < 1.29 is 29.1 Å². The molecule has 0 saturated carbocycles. The standard InChI is InChI=1S/C25H53NO6/c1-6-11-12-13-14-15-17-23(25(28-8-3,29-9-4)30-10-5)18-16-19-26-21-24(27)22-32-31-20-7-2/h23-24,26-27H,6-22H2,1-5H3. The van der Waals surface area contributed by atoms with Crippen molar-refractivity contribution in [3.05, 3.63) is 0 Å². The Morgan fingerprint density at radius 2 is 1.31 bits per heavy atom. The van der Waals surface area contributed by atoms with Crippen LogP contribution in [-0.4, -0.2) is 63.3 Å². The van der Waals surface area contributed by atoms with Gasteiger partial charge in [-0.05, 0) is 53.0 Å². The topological polar surface area (TPSA) is 78.4 Å². The number of aliphatic hydroxyl groups excluding tert-OH is 1. The summed E-state index contributed by atoms with van der Waals surface area (Å²) in [4.78, 5) is 9.95. The van der Waals surface area contributed by atoms with Crippen molar-refractivity contribution >= 4 is 0 Å². The molecule has 0 rings (SSSR count). The maximum absolute atomic E-state index is 9.97. The minimum absolute atomic E-state index is 0.172. The van der Waals surface area contributed by atoms with Gasteiger partial charge in [-0.2, -0.15) is 0 Å². The Morgan fingerprint density at radius 1 is 0.719 bits per heavy atom. The molecule has 0 amide bonds. The summed E-state index contributed by atoms with van der Waals surface area (Å²) in [6.07, 6.45) is 10.8. The minimum Gasteiger partial charge on any atom is -0.389 e. The molecule has 0 aliphatic rings. The number of ether oxygens (including phenoxy) is 3. The zero-order valence-corrected chi connectivity index (χ0v) is 21.7. The van der Waals surface area contributed by atoms with E-state index < -0.39 is 12.1 Å². The van der Waals surface area contributed by atoms with Crippen molar-refractivity contribution in [3.8, 4) is 0 Å². The van der Waals surface area contributed by atoms with Crippen molar-refractivity contribution in [2.75, 3.05) is 46.1 Å². The highest BCUT2D eigenvalue weighted by atomic mass is 17.2. The fourth-order valence-corrected chi connectivity index (χ4v) is 3.82. The van der Waals surface area contributed by atoms with Crippen LogP contribution in [0.2, 0.25) is 0 Å². The van der Waals surface area contributed by atoms with E-state index in [9.17, 15) is 5.11 Å². The van der Waals surface area contributed by atoms with Crippen LogP contribution in [0.1, 0.15) is 98.8 Å². The second-order valence-corrected chi connectivity index (χ2v) is 8.26. The average Bonchev–Trinajstić information content (AvgIpc) is 2.77. The molecule has 0 aromatic rings. The molecule has 2 atom stereocenters. The highest BCUT2D eigenvalue weighted by molar-refractivity contribution is 4.74. The summed E-state index contributed by atoms with van der Waals surface area (Å²) in [5.74, 6) is -0.794. The highest BCUT2D eigenvalue weighted by Gasteiger charge is 2.41. The molecule has 0 aliphatic carbocycles. The van der Waals surface area contributed by atoms with Crippen LogP contribution in [0.15, 0.2) is 0 Å². The molecule has 194 valence electrons. The molecule has 0 spiro atoms. The molecule has 32 heavy (non-hydrogen) atoms. The summed E-state index contributed by atoms with van der Waals surface area (Å²) < 4.78 is 18.3. The van der Waals surface area contributed by atoms with Gasteiger partial charge in [-0.15, -0.1) is 0 Å². The number of hydrogen-bond donors (Lipinski definition) is 2. The Kier molecular flexibility index (Phi) is 22.3. The van der Waals surface area contributed by atoms with E-state index in [1.54, 1.807) is 0 Å². The van der Waals surface area contributed by atoms with Gasteiger partial charge in [0.1, 0.15) is 6.61 Å². The van der Waals surface area contributed by atoms with Gasteiger partial charge in [-0.3, -0.25) is 0 Å². The smallest absolute Gasteiger partial charge is 0.285 e. The molecule has 0 aromatic carbocycles. The van der Waals surface area contributed by atoms with Crippen molar-refractivity contribution in [2.45, 2.75) is 111 Å². The first-order valence-corrected chi connectivity index (χ1v) is 13.1. The SMILES string of the molecule is CCCCCCCCC(CCCNCC(O)COOCCC)C(OCC)(OCC)OCC. The Bertz CT molecular complexity index is 368. The molecule has 0 aromatic heterocycles. The Balaban J connectivity index is 4.62. The van der Waals surface area contributed by atoms with Crippen molar-refractivity contribution in [2.24, 2.45) is 5.92 Å². The number of unbranched alkanes of at least 4 members (excludes halogenated alkanes) is 5. The van der Waals surface area contributed by atoms with E-state index >= 15 is 0 Å². The maximum atomic E-state index is 9.97. The van der Waals surface area contributed by atoms with Crippen LogP contribution in [0.3, 0.4) is 0 Å². The van der Waals surface area contributed by atoms with Crippen molar-refractivity contribution in [3.63, 3.8) is 0 Å². The van der Waals surface area contributed by atoms with E-state index in [0.717, 1.165) is 38.6 Å². The van der Waals surface area contributed by atoms with Crippen LogP contribution in [-0.2, 0) is 24.0 Å². The highest BCUT2D eigenvalue weighted by Crippen LogP contribution is 2.34. The molecule has 7 nitrogen and oxygen atoms in total. The zero-order chi connectivity index (χ0) is 23.9. The second-order valence-electron chi connectivity index (χ2n) is 8.26. The number of nitrogens with one attached hydrogen (secondary N) is 1. The Hall–Kier alpha value is -0.280. The summed E-state index contributed by atoms with van der Waals surface area (Å²) in [5.41, 5.74) is 0. The fourth-order valence-electron chi connectivity index (χ4n) is 3.82. The molecule has 2 unspecified atom stereocenters. The molecule has 0 fully saturated rings. The Morgan fingerprint density at radius 3 is 1.91 bits per heavy atom. The second kappa shape index (κ2) is 22.5. The normalized spacial score (nSPS) is 14.1. The van der Waals surface area contributed by atoms with Gasteiger partial charge in [0.25, 0.3) is 5.97 Å². The molecular weight excluding hydrogens is 410 g/mol. The van der Waals surface area contributed by atoms with E-state index in [2.05, 4.69) is 12.2 Å². The number of hydrogen-bond acceptors (Lipinski definition) is 7. The van der Waals surface area contributed by atoms with E-state index in [-0.39, 0.29) is 12.5 Å². The van der Waals surface area contributed by atoms with E-state index in [4.69, 9.17) is 24.0 Å². The van der Waals surface area contributed by atoms with E-state index in [1.165, 1.54) is 32.1 Å². The lowest BCUT2D eigenvalue weighted by molar-refractivity contribution is -0.403. The number of aliphatic hydroxyl groups is 1. The van der Waals surface area contributed by atoms with Crippen LogP contribution >= 0.6 is 0 Å². The summed E-state index contributed by atoms with van der Waals surface area (Å²) >= 11 is 0. The first-order valence-electron chi connectivity index (χ1n) is 13.1. The lowest BCUT2D eigenvalue weighted by atomic mass is 9.92. The van der Waals surface area contributed by atoms with Gasteiger partial charge in [0.15, 0.2) is 0 Å². The summed E-state index contributed by atoms with van der Waals surface area (Å²) in [5, 5.41) is 13.3. The molecule has 0 aliphatic heterocycles. The van der Waals surface area contributed by atoms with Gasteiger partial charge in [0.2, 0.25) is 0 Å². The third kappa shape index (κ3) is 15.5. The van der Waals surface area contributed by atoms with Crippen LogP contribution in [0.4, 0.5) is 0 Å².